The second kappa shape index (κ2) is 6.01. The molecule has 2 aromatic rings. The van der Waals surface area contributed by atoms with Crippen molar-refractivity contribution in [1.82, 2.24) is 14.7 Å². The van der Waals surface area contributed by atoms with Crippen LogP contribution in [0.4, 0.5) is 0 Å². The first-order chi connectivity index (χ1) is 10.6. The molecule has 1 amide bonds. The number of hydrogen-bond acceptors (Lipinski definition) is 3. The van der Waals surface area contributed by atoms with Gasteiger partial charge in [-0.1, -0.05) is 30.3 Å². The quantitative estimate of drug-likeness (QED) is 0.926. The van der Waals surface area contributed by atoms with Crippen LogP contribution in [0.2, 0.25) is 0 Å². The van der Waals surface area contributed by atoms with E-state index >= 15 is 0 Å². The molecule has 1 N–H and O–H groups in total. The van der Waals surface area contributed by atoms with Gasteiger partial charge in [0.2, 0.25) is 0 Å². The molecule has 114 valence electrons. The lowest BCUT2D eigenvalue weighted by Gasteiger charge is -2.17. The van der Waals surface area contributed by atoms with Crippen LogP contribution in [0, 0.1) is 0 Å². The lowest BCUT2D eigenvalue weighted by molar-refractivity contribution is -0.137. The highest BCUT2D eigenvalue weighted by Crippen LogP contribution is 2.19. The number of rotatable bonds is 4. The highest BCUT2D eigenvalue weighted by Gasteiger charge is 2.27. The van der Waals surface area contributed by atoms with Crippen molar-refractivity contribution < 1.29 is 14.7 Å². The maximum absolute atomic E-state index is 12.4. The molecule has 3 rings (SSSR count). The number of hydrogen-bond donors (Lipinski definition) is 1. The largest absolute Gasteiger partial charge is 0.480 e. The molecular formula is C16H17N3O3. The van der Waals surface area contributed by atoms with E-state index in [9.17, 15) is 9.59 Å². The van der Waals surface area contributed by atoms with Crippen molar-refractivity contribution >= 4 is 11.9 Å². The van der Waals surface area contributed by atoms with E-state index in [0.717, 1.165) is 24.1 Å². The van der Waals surface area contributed by atoms with Crippen LogP contribution in [0.3, 0.4) is 0 Å². The van der Waals surface area contributed by atoms with E-state index in [1.807, 2.05) is 35.0 Å². The van der Waals surface area contributed by atoms with Crippen molar-refractivity contribution in [3.63, 3.8) is 0 Å². The van der Waals surface area contributed by atoms with E-state index in [-0.39, 0.29) is 12.5 Å². The Morgan fingerprint density at radius 3 is 2.77 bits per heavy atom. The predicted octanol–water partition coefficient (Wildman–Crippen LogP) is 1.40. The highest BCUT2D eigenvalue weighted by atomic mass is 16.4. The van der Waals surface area contributed by atoms with Crippen LogP contribution < -0.4 is 0 Å². The zero-order valence-electron chi connectivity index (χ0n) is 12.1. The number of fused-ring (bicyclic) bond motifs is 1. The Balaban J connectivity index is 1.86. The molecule has 6 heteroatoms. The van der Waals surface area contributed by atoms with Gasteiger partial charge in [0.05, 0.1) is 24.0 Å². The number of aliphatic carboxylic acids is 1. The summed E-state index contributed by atoms with van der Waals surface area (Å²) in [4.78, 5) is 24.7. The molecule has 6 nitrogen and oxygen atoms in total. The zero-order valence-corrected chi connectivity index (χ0v) is 12.1. The summed E-state index contributed by atoms with van der Waals surface area (Å²) in [5, 5.41) is 13.2. The minimum absolute atomic E-state index is 0.241. The molecule has 0 bridgehead atoms. The van der Waals surface area contributed by atoms with Crippen molar-refractivity contribution in [2.75, 3.05) is 13.1 Å². The summed E-state index contributed by atoms with van der Waals surface area (Å²) in [5.74, 6) is -1.23. The van der Waals surface area contributed by atoms with Gasteiger partial charge < -0.3 is 10.0 Å². The van der Waals surface area contributed by atoms with Gasteiger partial charge in [-0.15, -0.1) is 0 Å². The van der Waals surface area contributed by atoms with Gasteiger partial charge in [0.15, 0.2) is 0 Å². The molecule has 0 saturated carbocycles. The van der Waals surface area contributed by atoms with E-state index in [1.165, 1.54) is 4.90 Å². The van der Waals surface area contributed by atoms with Gasteiger partial charge in [-0.2, -0.15) is 5.10 Å². The maximum Gasteiger partial charge on any atom is 0.323 e. The minimum atomic E-state index is -0.992. The monoisotopic (exact) mass is 299 g/mol. The molecule has 0 atom stereocenters. The van der Waals surface area contributed by atoms with Crippen molar-refractivity contribution in [3.05, 3.63) is 53.3 Å². The van der Waals surface area contributed by atoms with E-state index in [1.54, 1.807) is 6.20 Å². The van der Waals surface area contributed by atoms with Crippen LogP contribution in [-0.2, 0) is 17.8 Å². The summed E-state index contributed by atoms with van der Waals surface area (Å²) in [6, 6.07) is 9.93. The Labute approximate surface area is 128 Å². The standard InChI is InChI=1S/C16H17N3O3/c20-15(21)11-18-8-4-7-14-13(16(18)22)9-17-19(14)10-12-5-2-1-3-6-12/h1-3,5-6,9H,4,7-8,10-11H2,(H,20,21). The van der Waals surface area contributed by atoms with Crippen molar-refractivity contribution in [1.29, 1.82) is 0 Å². The minimum Gasteiger partial charge on any atom is -0.480 e. The summed E-state index contributed by atoms with van der Waals surface area (Å²) in [7, 11) is 0. The number of carbonyl (C=O) groups excluding carboxylic acids is 1. The Morgan fingerprint density at radius 2 is 2.05 bits per heavy atom. The van der Waals surface area contributed by atoms with Crippen LogP contribution in [0.25, 0.3) is 0 Å². The molecule has 0 spiro atoms. The SMILES string of the molecule is O=C(O)CN1CCCc2c(cnn2Cc2ccccc2)C1=O. The number of carboxylic acids is 1. The zero-order chi connectivity index (χ0) is 15.5. The van der Waals surface area contributed by atoms with Crippen LogP contribution in [-0.4, -0.2) is 44.8 Å². The van der Waals surface area contributed by atoms with Crippen LogP contribution >= 0.6 is 0 Å². The Bertz CT molecular complexity index is 694. The van der Waals surface area contributed by atoms with Crippen LogP contribution in [0.15, 0.2) is 36.5 Å². The molecule has 1 aromatic heterocycles. The first-order valence-corrected chi connectivity index (χ1v) is 7.25. The topological polar surface area (TPSA) is 75.4 Å². The van der Waals surface area contributed by atoms with Crippen molar-refractivity contribution in [2.24, 2.45) is 0 Å². The summed E-state index contributed by atoms with van der Waals surface area (Å²) in [6.07, 6.45) is 3.03. The Hall–Kier alpha value is -2.63. The predicted molar refractivity (Wildman–Crippen MR) is 79.6 cm³/mol. The van der Waals surface area contributed by atoms with Crippen molar-refractivity contribution in [3.8, 4) is 0 Å². The molecule has 0 radical (unpaired) electrons. The molecule has 0 aliphatic carbocycles. The third-order valence-corrected chi connectivity index (χ3v) is 3.81. The average Bonchev–Trinajstić information content (AvgIpc) is 2.82. The van der Waals surface area contributed by atoms with Crippen molar-refractivity contribution in [2.45, 2.75) is 19.4 Å². The molecule has 22 heavy (non-hydrogen) atoms. The number of carbonyl (C=O) groups is 2. The highest BCUT2D eigenvalue weighted by molar-refractivity contribution is 5.97. The summed E-state index contributed by atoms with van der Waals surface area (Å²) in [5.41, 5.74) is 2.53. The fraction of sp³-hybridized carbons (Fsp3) is 0.312. The van der Waals surface area contributed by atoms with Gasteiger partial charge in [0.25, 0.3) is 5.91 Å². The van der Waals surface area contributed by atoms with E-state index in [2.05, 4.69) is 5.10 Å². The number of benzene rings is 1. The Kier molecular flexibility index (Phi) is 3.91. The molecule has 1 aliphatic rings. The maximum atomic E-state index is 12.4. The molecule has 0 fully saturated rings. The summed E-state index contributed by atoms with van der Waals surface area (Å²) < 4.78 is 1.84. The molecule has 1 aromatic carbocycles. The van der Waals surface area contributed by atoms with Gasteiger partial charge >= 0.3 is 5.97 Å². The van der Waals surface area contributed by atoms with Crippen LogP contribution in [0.5, 0.6) is 0 Å². The third kappa shape index (κ3) is 2.86. The summed E-state index contributed by atoms with van der Waals surface area (Å²) >= 11 is 0. The molecular weight excluding hydrogens is 282 g/mol. The van der Waals surface area contributed by atoms with Crippen LogP contribution in [0.1, 0.15) is 28.0 Å². The second-order valence-corrected chi connectivity index (χ2v) is 5.37. The second-order valence-electron chi connectivity index (χ2n) is 5.37. The normalized spacial score (nSPS) is 14.5. The van der Waals surface area contributed by atoms with Gasteiger partial charge in [-0.25, -0.2) is 0 Å². The first kappa shape index (κ1) is 14.3. The van der Waals surface area contributed by atoms with Gasteiger partial charge in [0.1, 0.15) is 6.54 Å². The lowest BCUT2D eigenvalue weighted by atomic mass is 10.1. The smallest absolute Gasteiger partial charge is 0.323 e. The molecule has 1 aliphatic heterocycles. The third-order valence-electron chi connectivity index (χ3n) is 3.81. The molecule has 0 unspecified atom stereocenters. The summed E-state index contributed by atoms with van der Waals surface area (Å²) in [6.45, 7) is 0.815. The lowest BCUT2D eigenvalue weighted by Crippen LogP contribution is -2.35. The fourth-order valence-electron chi connectivity index (χ4n) is 2.77. The molecule has 0 saturated heterocycles. The average molecular weight is 299 g/mol. The van der Waals surface area contributed by atoms with E-state index in [0.29, 0.717) is 18.7 Å². The van der Waals surface area contributed by atoms with E-state index in [4.69, 9.17) is 5.11 Å². The number of carboxylic acid groups (broad SMARTS) is 1. The van der Waals surface area contributed by atoms with Gasteiger partial charge in [-0.05, 0) is 18.4 Å². The van der Waals surface area contributed by atoms with E-state index < -0.39 is 5.97 Å². The number of amides is 1. The number of aromatic nitrogens is 2. The Morgan fingerprint density at radius 1 is 1.27 bits per heavy atom. The molecule has 2 heterocycles. The number of nitrogens with zero attached hydrogens (tertiary/aromatic N) is 3. The van der Waals surface area contributed by atoms with Gasteiger partial charge in [0, 0.05) is 6.54 Å². The first-order valence-electron chi connectivity index (χ1n) is 7.25. The fourth-order valence-corrected chi connectivity index (χ4v) is 2.77. The van der Waals surface area contributed by atoms with Gasteiger partial charge in [-0.3, -0.25) is 14.3 Å².